The standard InChI is InChI=1S/C14H31NOSi/c1-4-6-7-8-9-10-12-15-13-11-14-17(15,3)16-5-2/h4-14H2,1-3H3. The zero-order valence-electron chi connectivity index (χ0n) is 12.1. The molecule has 0 aromatic heterocycles. The van der Waals surface area contributed by atoms with Gasteiger partial charge in [-0.05, 0) is 45.4 Å². The van der Waals surface area contributed by atoms with Crippen molar-refractivity contribution in [2.75, 3.05) is 19.7 Å². The van der Waals surface area contributed by atoms with Gasteiger partial charge in [0.25, 0.3) is 8.48 Å². The van der Waals surface area contributed by atoms with Crippen LogP contribution in [-0.4, -0.2) is 32.7 Å². The number of hydrogen-bond donors (Lipinski definition) is 0. The summed E-state index contributed by atoms with van der Waals surface area (Å²) in [7, 11) is -1.46. The van der Waals surface area contributed by atoms with Crippen molar-refractivity contribution < 1.29 is 4.43 Å². The molecule has 1 saturated heterocycles. The third kappa shape index (κ3) is 5.10. The molecule has 0 aliphatic carbocycles. The fraction of sp³-hybridized carbons (Fsp3) is 1.00. The maximum atomic E-state index is 6.06. The van der Waals surface area contributed by atoms with Crippen molar-refractivity contribution in [1.29, 1.82) is 0 Å². The number of unbranched alkanes of at least 4 members (excludes halogenated alkanes) is 5. The average Bonchev–Trinajstić information content (AvgIpc) is 2.65. The maximum Gasteiger partial charge on any atom is 0.268 e. The van der Waals surface area contributed by atoms with Crippen molar-refractivity contribution in [1.82, 2.24) is 4.57 Å². The summed E-state index contributed by atoms with van der Waals surface area (Å²) in [6.45, 7) is 10.3. The minimum absolute atomic E-state index is 0.899. The van der Waals surface area contributed by atoms with Gasteiger partial charge >= 0.3 is 0 Å². The maximum absolute atomic E-state index is 6.06. The van der Waals surface area contributed by atoms with E-state index in [2.05, 4.69) is 25.0 Å². The summed E-state index contributed by atoms with van der Waals surface area (Å²) in [5.74, 6) is 0. The minimum atomic E-state index is -1.46. The second-order valence-corrected chi connectivity index (χ2v) is 9.24. The lowest BCUT2D eigenvalue weighted by atomic mass is 10.1. The van der Waals surface area contributed by atoms with Crippen molar-refractivity contribution in [2.45, 2.75) is 71.4 Å². The number of hydrogen-bond acceptors (Lipinski definition) is 2. The summed E-state index contributed by atoms with van der Waals surface area (Å²) < 4.78 is 8.75. The van der Waals surface area contributed by atoms with E-state index in [-0.39, 0.29) is 0 Å². The molecule has 1 heterocycles. The van der Waals surface area contributed by atoms with E-state index in [4.69, 9.17) is 4.43 Å². The van der Waals surface area contributed by atoms with Gasteiger partial charge < -0.3 is 8.99 Å². The minimum Gasteiger partial charge on any atom is -0.403 e. The van der Waals surface area contributed by atoms with Gasteiger partial charge in [-0.1, -0.05) is 39.0 Å². The highest BCUT2D eigenvalue weighted by Crippen LogP contribution is 2.27. The van der Waals surface area contributed by atoms with Gasteiger partial charge in [0.05, 0.1) is 0 Å². The van der Waals surface area contributed by atoms with Crippen LogP contribution in [0.25, 0.3) is 0 Å². The first-order valence-corrected chi connectivity index (χ1v) is 10.2. The molecule has 17 heavy (non-hydrogen) atoms. The smallest absolute Gasteiger partial charge is 0.268 e. The van der Waals surface area contributed by atoms with Crippen LogP contribution in [0.15, 0.2) is 0 Å². The van der Waals surface area contributed by atoms with E-state index in [0.717, 1.165) is 6.61 Å². The van der Waals surface area contributed by atoms with Crippen LogP contribution in [0, 0.1) is 0 Å². The Kier molecular flexibility index (Phi) is 7.40. The lowest BCUT2D eigenvalue weighted by Crippen LogP contribution is -2.49. The molecule has 0 aromatic carbocycles. The Morgan fingerprint density at radius 3 is 2.47 bits per heavy atom. The van der Waals surface area contributed by atoms with Crippen molar-refractivity contribution in [3.63, 3.8) is 0 Å². The first kappa shape index (κ1) is 15.2. The first-order chi connectivity index (χ1) is 8.23. The Morgan fingerprint density at radius 2 is 1.76 bits per heavy atom. The first-order valence-electron chi connectivity index (χ1n) is 7.62. The van der Waals surface area contributed by atoms with Crippen molar-refractivity contribution in [2.24, 2.45) is 0 Å². The second kappa shape index (κ2) is 8.28. The van der Waals surface area contributed by atoms with E-state index in [1.165, 1.54) is 64.1 Å². The molecular weight excluding hydrogens is 226 g/mol. The Bertz CT molecular complexity index is 201. The fourth-order valence-corrected chi connectivity index (χ4v) is 6.24. The molecule has 1 fully saturated rings. The lowest BCUT2D eigenvalue weighted by molar-refractivity contribution is 0.267. The molecule has 0 bridgehead atoms. The van der Waals surface area contributed by atoms with Crippen molar-refractivity contribution in [3.05, 3.63) is 0 Å². The van der Waals surface area contributed by atoms with Crippen LogP contribution in [0.1, 0.15) is 58.8 Å². The van der Waals surface area contributed by atoms with Crippen LogP contribution in [0.4, 0.5) is 0 Å². The highest BCUT2D eigenvalue weighted by atomic mass is 28.4. The van der Waals surface area contributed by atoms with E-state index in [0.29, 0.717) is 0 Å². The second-order valence-electron chi connectivity index (χ2n) is 5.47. The predicted octanol–water partition coefficient (Wildman–Crippen LogP) is 4.16. The molecule has 0 aromatic rings. The lowest BCUT2D eigenvalue weighted by Gasteiger charge is -2.32. The predicted molar refractivity (Wildman–Crippen MR) is 77.6 cm³/mol. The molecule has 2 nitrogen and oxygen atoms in total. The summed E-state index contributed by atoms with van der Waals surface area (Å²) in [6, 6.07) is 1.34. The SMILES string of the molecule is CCCCCCCCN1CCC[Si]1(C)OCC. The molecule has 3 heteroatoms. The van der Waals surface area contributed by atoms with Crippen LogP contribution < -0.4 is 0 Å². The van der Waals surface area contributed by atoms with Crippen LogP contribution in [0.3, 0.4) is 0 Å². The normalized spacial score (nSPS) is 25.6. The van der Waals surface area contributed by atoms with Crippen LogP contribution in [0.5, 0.6) is 0 Å². The highest BCUT2D eigenvalue weighted by Gasteiger charge is 2.40. The molecule has 0 saturated carbocycles. The van der Waals surface area contributed by atoms with Gasteiger partial charge in [0.15, 0.2) is 0 Å². The van der Waals surface area contributed by atoms with E-state index in [9.17, 15) is 0 Å². The number of rotatable bonds is 9. The third-order valence-corrected chi connectivity index (χ3v) is 7.95. The topological polar surface area (TPSA) is 12.5 Å². The zero-order valence-corrected chi connectivity index (χ0v) is 13.1. The molecule has 0 amide bonds. The molecule has 1 atom stereocenters. The highest BCUT2D eigenvalue weighted by molar-refractivity contribution is 6.70. The van der Waals surface area contributed by atoms with Gasteiger partial charge in [0.1, 0.15) is 0 Å². The Balaban J connectivity index is 2.13. The monoisotopic (exact) mass is 257 g/mol. The Labute approximate surface area is 109 Å². The van der Waals surface area contributed by atoms with Gasteiger partial charge in [-0.3, -0.25) is 0 Å². The van der Waals surface area contributed by atoms with Gasteiger partial charge in [0.2, 0.25) is 0 Å². The molecule has 0 spiro atoms. The zero-order chi connectivity index (χ0) is 12.6. The Hall–Kier alpha value is 0.137. The van der Waals surface area contributed by atoms with Crippen molar-refractivity contribution in [3.8, 4) is 0 Å². The molecular formula is C14H31NOSi. The van der Waals surface area contributed by atoms with Crippen LogP contribution in [0.2, 0.25) is 12.6 Å². The summed E-state index contributed by atoms with van der Waals surface area (Å²) >= 11 is 0. The molecule has 1 rings (SSSR count). The number of nitrogens with zero attached hydrogens (tertiary/aromatic N) is 1. The Morgan fingerprint density at radius 1 is 1.06 bits per heavy atom. The third-order valence-electron chi connectivity index (χ3n) is 3.97. The molecule has 1 aliphatic heterocycles. The van der Waals surface area contributed by atoms with Crippen molar-refractivity contribution >= 4 is 8.48 Å². The van der Waals surface area contributed by atoms with E-state index in [1.54, 1.807) is 0 Å². The molecule has 102 valence electrons. The summed E-state index contributed by atoms with van der Waals surface area (Å²) in [6.07, 6.45) is 9.76. The van der Waals surface area contributed by atoms with Gasteiger partial charge in [-0.15, -0.1) is 0 Å². The largest absolute Gasteiger partial charge is 0.403 e. The van der Waals surface area contributed by atoms with Gasteiger partial charge in [-0.25, -0.2) is 0 Å². The summed E-state index contributed by atoms with van der Waals surface area (Å²) in [5.41, 5.74) is 0. The van der Waals surface area contributed by atoms with E-state index < -0.39 is 8.48 Å². The van der Waals surface area contributed by atoms with Gasteiger partial charge in [-0.2, -0.15) is 0 Å². The average molecular weight is 257 g/mol. The van der Waals surface area contributed by atoms with Crippen LogP contribution in [-0.2, 0) is 4.43 Å². The molecule has 1 unspecified atom stereocenters. The molecule has 0 radical (unpaired) electrons. The van der Waals surface area contributed by atoms with Crippen LogP contribution >= 0.6 is 0 Å². The molecule has 0 N–H and O–H groups in total. The summed E-state index contributed by atoms with van der Waals surface area (Å²) in [4.78, 5) is 0. The van der Waals surface area contributed by atoms with E-state index >= 15 is 0 Å². The molecule has 1 aliphatic rings. The van der Waals surface area contributed by atoms with Gasteiger partial charge in [0, 0.05) is 6.61 Å². The fourth-order valence-electron chi connectivity index (χ4n) is 2.90. The quantitative estimate of drug-likeness (QED) is 0.454. The summed E-state index contributed by atoms with van der Waals surface area (Å²) in [5, 5.41) is 0. The van der Waals surface area contributed by atoms with E-state index in [1.807, 2.05) is 0 Å².